The van der Waals surface area contributed by atoms with Crippen LogP contribution < -0.4 is 5.32 Å². The van der Waals surface area contributed by atoms with Crippen LogP contribution in [-0.4, -0.2) is 25.8 Å². The van der Waals surface area contributed by atoms with Gasteiger partial charge in [0.1, 0.15) is 0 Å². The van der Waals surface area contributed by atoms with E-state index >= 15 is 0 Å². The van der Waals surface area contributed by atoms with E-state index in [4.69, 9.17) is 0 Å². The van der Waals surface area contributed by atoms with Crippen molar-refractivity contribution in [2.24, 2.45) is 0 Å². The van der Waals surface area contributed by atoms with Crippen molar-refractivity contribution in [3.8, 4) is 0 Å². The van der Waals surface area contributed by atoms with Crippen LogP contribution in [0, 0.1) is 0 Å². The van der Waals surface area contributed by atoms with Gasteiger partial charge in [0.05, 0.1) is 35.0 Å². The Kier molecular flexibility index (Phi) is 3.65. The first kappa shape index (κ1) is 14.7. The van der Waals surface area contributed by atoms with Crippen molar-refractivity contribution in [2.45, 2.75) is 31.8 Å². The lowest BCUT2D eigenvalue weighted by Gasteiger charge is -2.25. The third-order valence-electron chi connectivity index (χ3n) is 4.52. The highest BCUT2D eigenvalue weighted by Crippen LogP contribution is 2.30. The van der Waals surface area contributed by atoms with Gasteiger partial charge in [0, 0.05) is 17.8 Å². The molecule has 6 nitrogen and oxygen atoms in total. The fourth-order valence-corrected chi connectivity index (χ4v) is 2.96. The third-order valence-corrected chi connectivity index (χ3v) is 4.52. The lowest BCUT2D eigenvalue weighted by Crippen LogP contribution is -2.17. The summed E-state index contributed by atoms with van der Waals surface area (Å²) in [6, 6.07) is 9.48. The molecular weight excluding hydrogens is 304 g/mol. The average molecular weight is 322 g/mol. The Morgan fingerprint density at radius 1 is 1.33 bits per heavy atom. The summed E-state index contributed by atoms with van der Waals surface area (Å²) >= 11 is 0. The number of carbonyl (C=O) groups is 1. The van der Waals surface area contributed by atoms with E-state index in [2.05, 4.69) is 15.4 Å². The topological polar surface area (TPSA) is 80.0 Å². The van der Waals surface area contributed by atoms with Gasteiger partial charge >= 0.3 is 5.97 Å². The van der Waals surface area contributed by atoms with Gasteiger partial charge in [-0.1, -0.05) is 6.07 Å². The number of carboxylic acids is 1. The summed E-state index contributed by atoms with van der Waals surface area (Å²) < 4.78 is 2.03. The number of hydrogen-bond acceptors (Lipinski definition) is 4. The number of nitrogens with one attached hydrogen (secondary N) is 1. The van der Waals surface area contributed by atoms with Crippen molar-refractivity contribution in [3.05, 3.63) is 54.0 Å². The van der Waals surface area contributed by atoms with E-state index in [0.717, 1.165) is 16.6 Å². The lowest BCUT2D eigenvalue weighted by atomic mass is 9.93. The quantitative estimate of drug-likeness (QED) is 0.752. The molecule has 2 heterocycles. The minimum Gasteiger partial charge on any atom is -0.478 e. The summed E-state index contributed by atoms with van der Waals surface area (Å²) in [5.41, 5.74) is 2.66. The number of pyridine rings is 1. The fraction of sp³-hybridized carbons (Fsp3) is 0.278. The summed E-state index contributed by atoms with van der Waals surface area (Å²) in [4.78, 5) is 15.7. The van der Waals surface area contributed by atoms with E-state index in [1.807, 2.05) is 23.0 Å². The number of anilines is 1. The summed E-state index contributed by atoms with van der Waals surface area (Å²) in [5, 5.41) is 18.0. The number of rotatable bonds is 5. The molecule has 3 aromatic rings. The van der Waals surface area contributed by atoms with Gasteiger partial charge in [-0.2, -0.15) is 5.10 Å². The van der Waals surface area contributed by atoms with Crippen molar-refractivity contribution < 1.29 is 9.90 Å². The molecule has 0 aliphatic heterocycles. The van der Waals surface area contributed by atoms with Crippen molar-refractivity contribution in [1.82, 2.24) is 14.8 Å². The molecule has 1 saturated carbocycles. The Morgan fingerprint density at radius 2 is 2.21 bits per heavy atom. The maximum absolute atomic E-state index is 11.3. The predicted octanol–water partition coefficient (Wildman–Crippen LogP) is 3.47. The number of fused-ring (bicyclic) bond motifs is 1. The monoisotopic (exact) mass is 322 g/mol. The van der Waals surface area contributed by atoms with Gasteiger partial charge in [0.2, 0.25) is 0 Å². The van der Waals surface area contributed by atoms with E-state index in [0.29, 0.717) is 18.3 Å². The molecule has 1 aliphatic carbocycles. The molecule has 0 amide bonds. The molecule has 0 unspecified atom stereocenters. The minimum absolute atomic E-state index is 0.248. The minimum atomic E-state index is -0.946. The number of benzene rings is 1. The van der Waals surface area contributed by atoms with Crippen LogP contribution in [0.15, 0.2) is 42.7 Å². The number of hydrogen-bond donors (Lipinski definition) is 2. The second-order valence-electron chi connectivity index (χ2n) is 6.13. The number of aromatic nitrogens is 3. The van der Waals surface area contributed by atoms with Crippen LogP contribution >= 0.6 is 0 Å². The van der Waals surface area contributed by atoms with E-state index in [1.54, 1.807) is 24.4 Å². The molecule has 2 N–H and O–H groups in total. The van der Waals surface area contributed by atoms with Gasteiger partial charge in [0.15, 0.2) is 0 Å². The molecular formula is C18H18N4O2. The summed E-state index contributed by atoms with van der Waals surface area (Å²) in [5.74, 6) is -0.946. The zero-order valence-corrected chi connectivity index (χ0v) is 13.1. The van der Waals surface area contributed by atoms with Crippen molar-refractivity contribution in [3.63, 3.8) is 0 Å². The fourth-order valence-electron chi connectivity index (χ4n) is 2.96. The molecule has 122 valence electrons. The van der Waals surface area contributed by atoms with Gasteiger partial charge in [-0.3, -0.25) is 9.67 Å². The second kappa shape index (κ2) is 5.96. The number of aromatic carboxylic acids is 1. The Hall–Kier alpha value is -2.89. The predicted molar refractivity (Wildman–Crippen MR) is 91.1 cm³/mol. The van der Waals surface area contributed by atoms with Crippen LogP contribution in [0.4, 0.5) is 5.69 Å². The highest BCUT2D eigenvalue weighted by Gasteiger charge is 2.20. The number of carboxylic acid groups (broad SMARTS) is 1. The molecule has 0 spiro atoms. The van der Waals surface area contributed by atoms with Gasteiger partial charge < -0.3 is 10.4 Å². The van der Waals surface area contributed by atoms with E-state index < -0.39 is 5.97 Å². The zero-order valence-electron chi connectivity index (χ0n) is 13.1. The van der Waals surface area contributed by atoms with Crippen LogP contribution in [0.1, 0.15) is 41.4 Å². The summed E-state index contributed by atoms with van der Waals surface area (Å²) in [6.45, 7) is 0.536. The average Bonchev–Trinajstić information content (AvgIpc) is 2.99. The Labute approximate surface area is 139 Å². The molecule has 1 aromatic carbocycles. The summed E-state index contributed by atoms with van der Waals surface area (Å²) in [6.07, 6.45) is 7.40. The highest BCUT2D eigenvalue weighted by molar-refractivity contribution is 5.99. The molecule has 4 rings (SSSR count). The van der Waals surface area contributed by atoms with E-state index in [-0.39, 0.29) is 5.56 Å². The zero-order chi connectivity index (χ0) is 16.5. The lowest BCUT2D eigenvalue weighted by molar-refractivity contribution is 0.0697. The Balaban J connectivity index is 1.59. The van der Waals surface area contributed by atoms with Gasteiger partial charge in [-0.05, 0) is 43.5 Å². The smallest absolute Gasteiger partial charge is 0.335 e. The van der Waals surface area contributed by atoms with Crippen LogP contribution in [0.5, 0.6) is 0 Å². The molecule has 6 heteroatoms. The van der Waals surface area contributed by atoms with E-state index in [1.165, 1.54) is 19.3 Å². The van der Waals surface area contributed by atoms with Crippen LogP contribution in [0.3, 0.4) is 0 Å². The molecule has 0 radical (unpaired) electrons. The van der Waals surface area contributed by atoms with Gasteiger partial charge in [-0.15, -0.1) is 0 Å². The first-order valence-corrected chi connectivity index (χ1v) is 8.11. The summed E-state index contributed by atoms with van der Waals surface area (Å²) in [7, 11) is 0. The Morgan fingerprint density at radius 3 is 2.96 bits per heavy atom. The van der Waals surface area contributed by atoms with Crippen LogP contribution in [0.25, 0.3) is 10.9 Å². The molecule has 1 fully saturated rings. The Bertz CT molecular complexity index is 899. The van der Waals surface area contributed by atoms with E-state index in [9.17, 15) is 9.90 Å². The molecule has 2 aromatic heterocycles. The largest absolute Gasteiger partial charge is 0.478 e. The molecule has 1 aliphatic rings. The van der Waals surface area contributed by atoms with Crippen molar-refractivity contribution >= 4 is 22.6 Å². The second-order valence-corrected chi connectivity index (χ2v) is 6.13. The maximum Gasteiger partial charge on any atom is 0.335 e. The van der Waals surface area contributed by atoms with Crippen molar-refractivity contribution in [2.75, 3.05) is 5.32 Å². The SMILES string of the molecule is O=C(O)c1cc(NCc2ccn(C3CCC3)n2)c2ncccc2c1. The van der Waals surface area contributed by atoms with Crippen LogP contribution in [-0.2, 0) is 6.54 Å². The first-order valence-electron chi connectivity index (χ1n) is 8.11. The van der Waals surface area contributed by atoms with Gasteiger partial charge in [-0.25, -0.2) is 4.79 Å². The van der Waals surface area contributed by atoms with Crippen molar-refractivity contribution in [1.29, 1.82) is 0 Å². The normalized spacial score (nSPS) is 14.5. The highest BCUT2D eigenvalue weighted by atomic mass is 16.4. The standard InChI is InChI=1S/C18H18N4O2/c23-18(24)13-9-12-3-2-7-19-17(12)16(10-13)20-11-14-6-8-22(21-14)15-4-1-5-15/h2-3,6-10,15,20H,1,4-5,11H2,(H,23,24). The number of nitrogens with zero attached hydrogens (tertiary/aromatic N) is 3. The third kappa shape index (κ3) is 2.71. The van der Waals surface area contributed by atoms with Gasteiger partial charge in [0.25, 0.3) is 0 Å². The maximum atomic E-state index is 11.3. The molecule has 0 atom stereocenters. The first-order chi connectivity index (χ1) is 11.7. The molecule has 24 heavy (non-hydrogen) atoms. The van der Waals surface area contributed by atoms with Crippen LogP contribution in [0.2, 0.25) is 0 Å². The molecule has 0 saturated heterocycles. The molecule has 0 bridgehead atoms.